The van der Waals surface area contributed by atoms with Gasteiger partial charge in [-0.1, -0.05) is 0 Å². The zero-order valence-corrected chi connectivity index (χ0v) is 44.3. The number of hydrogen-bond donors (Lipinski definition) is 0. The van der Waals surface area contributed by atoms with Crippen LogP contribution in [0.1, 0.15) is 233 Å². The van der Waals surface area contributed by atoms with E-state index in [-0.39, 0.29) is 5.41 Å². The van der Waals surface area contributed by atoms with Crippen LogP contribution in [0.3, 0.4) is 0 Å². The van der Waals surface area contributed by atoms with Gasteiger partial charge in [0.25, 0.3) is 0 Å². The van der Waals surface area contributed by atoms with E-state index in [0.717, 1.165) is 0 Å². The summed E-state index contributed by atoms with van der Waals surface area (Å²) in [6, 6.07) is 16.9. The molecule has 0 radical (unpaired) electrons. The third-order valence-electron chi connectivity index (χ3n) is 14.6. The Balaban J connectivity index is 2.31. The SMILES string of the molecule is CCCCCCCCC1(CCCCCCCC)c2c[c]([Sn]([CH2]CCC)([CH2]CCC)[CH2]CCC)ccc2-c2cc[c]([Sn]([CH2]CCC)([CH2]CCC)[CH2]CCC)cc21. The average molecular weight is 969 g/mol. The summed E-state index contributed by atoms with van der Waals surface area (Å²) >= 11 is -5.25. The van der Waals surface area contributed by atoms with Crippen LogP contribution < -0.4 is 7.16 Å². The number of rotatable bonds is 34. The molecule has 0 heterocycles. The average Bonchev–Trinajstić information content (AvgIpc) is 3.48. The van der Waals surface area contributed by atoms with Crippen LogP contribution in [-0.4, -0.2) is 36.8 Å². The first-order chi connectivity index (χ1) is 26.9. The third kappa shape index (κ3) is 14.1. The molecule has 0 nitrogen and oxygen atoms in total. The molecule has 0 saturated carbocycles. The molecule has 3 rings (SSSR count). The molecule has 55 heavy (non-hydrogen) atoms. The van der Waals surface area contributed by atoms with Crippen molar-refractivity contribution in [2.75, 3.05) is 0 Å². The van der Waals surface area contributed by atoms with E-state index in [4.69, 9.17) is 0 Å². The van der Waals surface area contributed by atoms with Gasteiger partial charge in [-0.05, 0) is 0 Å². The Labute approximate surface area is 354 Å². The molecule has 0 unspecified atom stereocenters. The van der Waals surface area contributed by atoms with Gasteiger partial charge in [-0.15, -0.1) is 0 Å². The normalized spacial score (nSPS) is 13.7. The van der Waals surface area contributed by atoms with Crippen LogP contribution in [0, 0.1) is 0 Å². The van der Waals surface area contributed by atoms with Crippen LogP contribution in [-0.2, 0) is 5.41 Å². The van der Waals surface area contributed by atoms with E-state index in [9.17, 15) is 0 Å². The molecule has 2 heteroatoms. The second-order valence-corrected chi connectivity index (χ2v) is 45.3. The van der Waals surface area contributed by atoms with Crippen LogP contribution in [0.2, 0.25) is 26.6 Å². The van der Waals surface area contributed by atoms with Gasteiger partial charge in [0.05, 0.1) is 0 Å². The maximum atomic E-state index is 2.99. The molecule has 2 aromatic carbocycles. The summed E-state index contributed by atoms with van der Waals surface area (Å²) in [4.78, 5) is 0. The maximum absolute atomic E-state index is 2.99. The summed E-state index contributed by atoms with van der Waals surface area (Å²) in [5.74, 6) is 0. The predicted octanol–water partition coefficient (Wildman–Crippen LogP) is 17.6. The zero-order chi connectivity index (χ0) is 39.8. The van der Waals surface area contributed by atoms with Crippen LogP contribution >= 0.6 is 0 Å². The number of fused-ring (bicyclic) bond motifs is 3. The fourth-order valence-electron chi connectivity index (χ4n) is 10.9. The van der Waals surface area contributed by atoms with E-state index in [2.05, 4.69) is 91.8 Å². The molecule has 0 atom stereocenters. The Hall–Kier alpha value is 0.0374. The van der Waals surface area contributed by atoms with Gasteiger partial charge < -0.3 is 0 Å². The van der Waals surface area contributed by atoms with Crippen molar-refractivity contribution < 1.29 is 0 Å². The summed E-state index contributed by atoms with van der Waals surface area (Å²) in [5, 5.41) is 0. The van der Waals surface area contributed by atoms with E-state index in [0.29, 0.717) is 0 Å². The fourth-order valence-corrected chi connectivity index (χ4v) is 42.9. The molecular weight excluding hydrogens is 874 g/mol. The van der Waals surface area contributed by atoms with Crippen molar-refractivity contribution in [2.45, 2.75) is 254 Å². The first-order valence-electron chi connectivity index (χ1n) is 25.2. The summed E-state index contributed by atoms with van der Waals surface area (Å²) in [5.41, 5.74) is 7.16. The van der Waals surface area contributed by atoms with Crippen molar-refractivity contribution in [3.63, 3.8) is 0 Å². The van der Waals surface area contributed by atoms with Gasteiger partial charge in [0.1, 0.15) is 0 Å². The van der Waals surface area contributed by atoms with Gasteiger partial charge in [0.15, 0.2) is 0 Å². The minimum atomic E-state index is -2.62. The number of benzene rings is 2. The molecule has 0 bridgehead atoms. The Morgan fingerprint density at radius 3 is 0.891 bits per heavy atom. The number of unbranched alkanes of at least 4 members (excludes halogenated alkanes) is 16. The van der Waals surface area contributed by atoms with Crippen molar-refractivity contribution >= 4 is 43.9 Å². The Kier molecular flexibility index (Phi) is 24.9. The molecule has 0 N–H and O–H groups in total. The van der Waals surface area contributed by atoms with E-state index < -0.39 is 36.8 Å². The Morgan fingerprint density at radius 1 is 0.327 bits per heavy atom. The van der Waals surface area contributed by atoms with Crippen molar-refractivity contribution in [1.29, 1.82) is 0 Å². The van der Waals surface area contributed by atoms with Crippen molar-refractivity contribution in [3.05, 3.63) is 47.5 Å². The van der Waals surface area contributed by atoms with Crippen LogP contribution in [0.15, 0.2) is 36.4 Å². The third-order valence-corrected chi connectivity index (χ3v) is 45.8. The van der Waals surface area contributed by atoms with Crippen molar-refractivity contribution in [3.8, 4) is 11.1 Å². The summed E-state index contributed by atoms with van der Waals surface area (Å²) in [6.07, 6.45) is 36.5. The quantitative estimate of drug-likeness (QED) is 0.0484. The first-order valence-corrected chi connectivity index (χ1v) is 40.2. The fraction of sp³-hybridized carbons (Fsp3) is 0.774. The summed E-state index contributed by atoms with van der Waals surface area (Å²) in [7, 11) is 0. The minimum absolute atomic E-state index is 0.210. The molecule has 0 saturated heterocycles. The van der Waals surface area contributed by atoms with E-state index in [1.807, 2.05) is 18.3 Å². The molecule has 0 aliphatic heterocycles. The monoisotopic (exact) mass is 971 g/mol. The van der Waals surface area contributed by atoms with Crippen LogP contribution in [0.4, 0.5) is 0 Å². The second kappa shape index (κ2) is 27.7. The zero-order valence-electron chi connectivity index (χ0n) is 38.6. The van der Waals surface area contributed by atoms with Crippen LogP contribution in [0.25, 0.3) is 11.1 Å². The molecule has 314 valence electrons. The molecule has 0 spiro atoms. The van der Waals surface area contributed by atoms with Gasteiger partial charge >= 0.3 is 357 Å². The van der Waals surface area contributed by atoms with Gasteiger partial charge in [0, 0.05) is 0 Å². The molecule has 2 aromatic rings. The van der Waals surface area contributed by atoms with Gasteiger partial charge in [-0.3, -0.25) is 0 Å². The Morgan fingerprint density at radius 2 is 0.600 bits per heavy atom. The molecule has 0 amide bonds. The second-order valence-electron chi connectivity index (χ2n) is 18.8. The molecular formula is C53H94Sn2. The molecule has 0 aromatic heterocycles. The van der Waals surface area contributed by atoms with Crippen LogP contribution in [0.5, 0.6) is 0 Å². The summed E-state index contributed by atoms with van der Waals surface area (Å²) in [6.45, 7) is 19.4. The molecule has 1 aliphatic carbocycles. The standard InChI is InChI=1S/C29H40.6C4H9.2Sn/c1-3-5-7-9-11-17-23-29(24-18-12-10-8-6-4-2)27-21-15-13-19-25(27)26-20-14-16-22-28(26)29;6*1-3-4-2;;/h13-14,19-22H,3-12,17-18,23-24H2,1-2H3;6*1,3-4H2,2H3;;. The van der Waals surface area contributed by atoms with Crippen molar-refractivity contribution in [1.82, 2.24) is 0 Å². The van der Waals surface area contributed by atoms with E-state index in [1.165, 1.54) is 167 Å². The summed E-state index contributed by atoms with van der Waals surface area (Å²) < 4.78 is 13.3. The van der Waals surface area contributed by atoms with E-state index >= 15 is 0 Å². The molecule has 0 fully saturated rings. The predicted molar refractivity (Wildman–Crippen MR) is 258 cm³/mol. The molecule has 1 aliphatic rings. The van der Waals surface area contributed by atoms with Gasteiger partial charge in [0.2, 0.25) is 0 Å². The first kappa shape index (κ1) is 49.4. The number of hydrogen-bond acceptors (Lipinski definition) is 0. The van der Waals surface area contributed by atoms with E-state index in [1.54, 1.807) is 37.7 Å². The Bertz CT molecular complexity index is 1150. The van der Waals surface area contributed by atoms with Crippen molar-refractivity contribution in [2.24, 2.45) is 0 Å². The van der Waals surface area contributed by atoms with Gasteiger partial charge in [-0.25, -0.2) is 0 Å². The van der Waals surface area contributed by atoms with Gasteiger partial charge in [-0.2, -0.15) is 0 Å². The topological polar surface area (TPSA) is 0 Å².